The minimum absolute atomic E-state index is 0.471. The summed E-state index contributed by atoms with van der Waals surface area (Å²) in [4.78, 5) is 0. The second-order valence-electron chi connectivity index (χ2n) is 3.47. The van der Waals surface area contributed by atoms with Gasteiger partial charge in [0, 0.05) is 28.3 Å². The van der Waals surface area contributed by atoms with Crippen LogP contribution in [-0.4, -0.2) is 28.3 Å². The van der Waals surface area contributed by atoms with Crippen molar-refractivity contribution in [1.29, 1.82) is 0 Å². The van der Waals surface area contributed by atoms with E-state index >= 15 is 0 Å². The third-order valence-corrected chi connectivity index (χ3v) is 3.60. The summed E-state index contributed by atoms with van der Waals surface area (Å²) in [6.07, 6.45) is 1.07. The van der Waals surface area contributed by atoms with Crippen LogP contribution in [0.15, 0.2) is 0 Å². The van der Waals surface area contributed by atoms with Crippen LogP contribution in [0, 0.1) is 5.92 Å². The SMILES string of the molecule is CC(C)C1CS(=O)CCCN1. The zero-order valence-corrected chi connectivity index (χ0v) is 8.12. The van der Waals surface area contributed by atoms with E-state index in [2.05, 4.69) is 19.2 Å². The normalized spacial score (nSPS) is 33.7. The maximum absolute atomic E-state index is 11.3. The lowest BCUT2D eigenvalue weighted by atomic mass is 10.1. The molecular formula is C8H17NOS. The highest BCUT2D eigenvalue weighted by atomic mass is 32.2. The van der Waals surface area contributed by atoms with Gasteiger partial charge in [0.05, 0.1) is 0 Å². The van der Waals surface area contributed by atoms with Gasteiger partial charge in [0.2, 0.25) is 0 Å². The molecule has 0 aliphatic carbocycles. The molecule has 1 aliphatic heterocycles. The molecule has 0 bridgehead atoms. The van der Waals surface area contributed by atoms with E-state index < -0.39 is 10.8 Å². The molecule has 2 atom stereocenters. The van der Waals surface area contributed by atoms with E-state index in [1.54, 1.807) is 0 Å². The topological polar surface area (TPSA) is 29.1 Å². The summed E-state index contributed by atoms with van der Waals surface area (Å²) in [7, 11) is -0.571. The number of rotatable bonds is 1. The zero-order chi connectivity index (χ0) is 8.27. The number of hydrogen-bond donors (Lipinski definition) is 1. The largest absolute Gasteiger partial charge is 0.313 e. The van der Waals surface area contributed by atoms with E-state index in [9.17, 15) is 4.21 Å². The summed E-state index contributed by atoms with van der Waals surface area (Å²) in [6, 6.07) is 0.471. The van der Waals surface area contributed by atoms with Crippen molar-refractivity contribution in [3.63, 3.8) is 0 Å². The van der Waals surface area contributed by atoms with Crippen LogP contribution < -0.4 is 5.32 Å². The molecule has 3 heteroatoms. The summed E-state index contributed by atoms with van der Waals surface area (Å²) >= 11 is 0. The monoisotopic (exact) mass is 175 g/mol. The van der Waals surface area contributed by atoms with E-state index in [1.807, 2.05) is 0 Å². The molecule has 0 spiro atoms. The number of nitrogens with one attached hydrogen (secondary N) is 1. The van der Waals surface area contributed by atoms with Crippen molar-refractivity contribution in [3.8, 4) is 0 Å². The van der Waals surface area contributed by atoms with Gasteiger partial charge in [0.25, 0.3) is 0 Å². The van der Waals surface area contributed by atoms with Crippen molar-refractivity contribution in [2.45, 2.75) is 26.3 Å². The molecule has 11 heavy (non-hydrogen) atoms. The van der Waals surface area contributed by atoms with Crippen molar-refractivity contribution in [2.75, 3.05) is 18.1 Å². The molecule has 1 saturated heterocycles. The minimum Gasteiger partial charge on any atom is -0.313 e. The Morgan fingerprint density at radius 3 is 2.91 bits per heavy atom. The summed E-state index contributed by atoms with van der Waals surface area (Å²) in [5.41, 5.74) is 0. The first-order valence-electron chi connectivity index (χ1n) is 4.28. The highest BCUT2D eigenvalue weighted by Gasteiger charge is 2.18. The van der Waals surface area contributed by atoms with Gasteiger partial charge in [-0.15, -0.1) is 0 Å². The molecule has 66 valence electrons. The summed E-state index contributed by atoms with van der Waals surface area (Å²) in [5.74, 6) is 2.34. The Labute approximate surface area is 71.2 Å². The third kappa shape index (κ3) is 2.91. The summed E-state index contributed by atoms with van der Waals surface area (Å²) in [5, 5.41) is 3.42. The molecule has 1 fully saturated rings. The van der Waals surface area contributed by atoms with Crippen LogP contribution in [0.25, 0.3) is 0 Å². The lowest BCUT2D eigenvalue weighted by molar-refractivity contribution is 0.438. The van der Waals surface area contributed by atoms with Gasteiger partial charge in [0.15, 0.2) is 0 Å². The van der Waals surface area contributed by atoms with Gasteiger partial charge in [0.1, 0.15) is 0 Å². The third-order valence-electron chi connectivity index (χ3n) is 2.13. The average Bonchev–Trinajstić information content (AvgIpc) is 2.13. The molecule has 0 amide bonds. The van der Waals surface area contributed by atoms with E-state index in [4.69, 9.17) is 0 Å². The van der Waals surface area contributed by atoms with Crippen molar-refractivity contribution >= 4 is 10.8 Å². The van der Waals surface area contributed by atoms with Crippen molar-refractivity contribution in [1.82, 2.24) is 5.32 Å². The van der Waals surface area contributed by atoms with Crippen LogP contribution >= 0.6 is 0 Å². The lowest BCUT2D eigenvalue weighted by Crippen LogP contribution is -2.36. The molecule has 2 nitrogen and oxygen atoms in total. The van der Waals surface area contributed by atoms with Crippen molar-refractivity contribution in [3.05, 3.63) is 0 Å². The van der Waals surface area contributed by atoms with Gasteiger partial charge in [-0.25, -0.2) is 0 Å². The van der Waals surface area contributed by atoms with Gasteiger partial charge >= 0.3 is 0 Å². The Kier molecular flexibility index (Phi) is 3.52. The smallest absolute Gasteiger partial charge is 0.0391 e. The van der Waals surface area contributed by atoms with Crippen LogP contribution in [0.1, 0.15) is 20.3 Å². The highest BCUT2D eigenvalue weighted by molar-refractivity contribution is 7.85. The van der Waals surface area contributed by atoms with Crippen molar-refractivity contribution < 1.29 is 4.21 Å². The molecule has 0 radical (unpaired) electrons. The molecule has 0 saturated carbocycles. The van der Waals surface area contributed by atoms with Gasteiger partial charge in [-0.05, 0) is 18.9 Å². The maximum atomic E-state index is 11.3. The summed E-state index contributed by atoms with van der Waals surface area (Å²) in [6.45, 7) is 5.40. The Balaban J connectivity index is 2.45. The fourth-order valence-electron chi connectivity index (χ4n) is 1.29. The molecule has 1 rings (SSSR count). The fourth-order valence-corrected chi connectivity index (χ4v) is 2.83. The predicted octanol–water partition coefficient (Wildman–Crippen LogP) is 0.753. The Hall–Kier alpha value is 0.110. The van der Waals surface area contributed by atoms with Crippen LogP contribution in [0.5, 0.6) is 0 Å². The molecule has 0 aromatic heterocycles. The Bertz CT molecular complexity index is 147. The number of hydrogen-bond acceptors (Lipinski definition) is 2. The zero-order valence-electron chi connectivity index (χ0n) is 7.30. The Morgan fingerprint density at radius 1 is 1.55 bits per heavy atom. The fraction of sp³-hybridized carbons (Fsp3) is 1.00. The molecular weight excluding hydrogens is 158 g/mol. The van der Waals surface area contributed by atoms with Gasteiger partial charge in [-0.3, -0.25) is 4.21 Å². The molecule has 1 heterocycles. The maximum Gasteiger partial charge on any atom is 0.0391 e. The molecule has 1 aliphatic rings. The van der Waals surface area contributed by atoms with E-state index in [-0.39, 0.29) is 0 Å². The second kappa shape index (κ2) is 4.21. The molecule has 2 unspecified atom stereocenters. The van der Waals surface area contributed by atoms with Gasteiger partial charge < -0.3 is 5.32 Å². The average molecular weight is 175 g/mol. The minimum atomic E-state index is -0.571. The molecule has 0 aromatic rings. The standard InChI is InChI=1S/C8H17NOS/c1-7(2)8-6-11(10)5-3-4-9-8/h7-9H,3-6H2,1-2H3. The predicted molar refractivity (Wildman–Crippen MR) is 49.1 cm³/mol. The van der Waals surface area contributed by atoms with Crippen LogP contribution in [0.4, 0.5) is 0 Å². The first-order chi connectivity index (χ1) is 5.20. The van der Waals surface area contributed by atoms with Gasteiger partial charge in [-0.1, -0.05) is 13.8 Å². The summed E-state index contributed by atoms with van der Waals surface area (Å²) < 4.78 is 11.3. The first kappa shape index (κ1) is 9.20. The van der Waals surface area contributed by atoms with E-state index in [1.165, 1.54) is 0 Å². The van der Waals surface area contributed by atoms with Crippen molar-refractivity contribution in [2.24, 2.45) is 5.92 Å². The lowest BCUT2D eigenvalue weighted by Gasteiger charge is -2.18. The van der Waals surface area contributed by atoms with Crippen LogP contribution in [0.2, 0.25) is 0 Å². The molecule has 1 N–H and O–H groups in total. The van der Waals surface area contributed by atoms with Gasteiger partial charge in [-0.2, -0.15) is 0 Å². The Morgan fingerprint density at radius 2 is 2.27 bits per heavy atom. The first-order valence-corrected chi connectivity index (χ1v) is 5.77. The quantitative estimate of drug-likeness (QED) is 0.637. The van der Waals surface area contributed by atoms with E-state index in [0.29, 0.717) is 12.0 Å². The van der Waals surface area contributed by atoms with E-state index in [0.717, 1.165) is 24.5 Å². The molecule has 0 aromatic carbocycles. The second-order valence-corrected chi connectivity index (χ2v) is 5.09. The highest BCUT2D eigenvalue weighted by Crippen LogP contribution is 2.07. The van der Waals surface area contributed by atoms with Crippen LogP contribution in [0.3, 0.4) is 0 Å². The van der Waals surface area contributed by atoms with Crippen LogP contribution in [-0.2, 0) is 10.8 Å².